The fraction of sp³-hybridized carbons (Fsp3) is 0.429. The summed E-state index contributed by atoms with van der Waals surface area (Å²) >= 11 is 0. The Morgan fingerprint density at radius 2 is 1.96 bits per heavy atom. The second-order valence-corrected chi connectivity index (χ2v) is 7.81. The first kappa shape index (κ1) is 15.8. The lowest BCUT2D eigenvalue weighted by molar-refractivity contribution is -0.143. The minimum Gasteiger partial charge on any atom is -0.461 e. The molecule has 0 spiro atoms. The quantitative estimate of drug-likeness (QED) is 0.764. The topological polar surface area (TPSA) is 98.8 Å². The van der Waals surface area contributed by atoms with Crippen LogP contribution >= 0.6 is 0 Å². The Morgan fingerprint density at radius 1 is 1.26 bits per heavy atom. The van der Waals surface area contributed by atoms with Gasteiger partial charge in [0.2, 0.25) is 10.0 Å². The number of hydrogen-bond donors (Lipinski definition) is 0. The summed E-state index contributed by atoms with van der Waals surface area (Å²) in [5, 5.41) is 0. The van der Waals surface area contributed by atoms with E-state index in [0.29, 0.717) is 11.9 Å². The van der Waals surface area contributed by atoms with Crippen molar-refractivity contribution in [2.24, 2.45) is 0 Å². The third-order valence-electron chi connectivity index (χ3n) is 3.82. The van der Waals surface area contributed by atoms with Crippen LogP contribution in [-0.4, -0.2) is 43.5 Å². The molecule has 1 aliphatic heterocycles. The zero-order valence-corrected chi connectivity index (χ0v) is 13.7. The molecule has 0 unspecified atom stereocenters. The number of ether oxygens (including phenoxy) is 1. The maximum absolute atomic E-state index is 12.1. The maximum Gasteiger partial charge on any atom is 0.420 e. The van der Waals surface area contributed by atoms with E-state index >= 15 is 0 Å². The van der Waals surface area contributed by atoms with Crippen LogP contribution in [0.1, 0.15) is 19.4 Å². The van der Waals surface area contributed by atoms with Gasteiger partial charge in [0.1, 0.15) is 12.1 Å². The van der Waals surface area contributed by atoms with Crippen molar-refractivity contribution in [1.29, 1.82) is 0 Å². The number of benzene rings is 1. The van der Waals surface area contributed by atoms with E-state index in [1.165, 1.54) is 36.9 Å². The molecule has 2 aromatic rings. The molecule has 0 amide bonds. The van der Waals surface area contributed by atoms with Gasteiger partial charge in [-0.25, -0.2) is 22.3 Å². The van der Waals surface area contributed by atoms with Crippen LogP contribution in [-0.2, 0) is 19.6 Å². The van der Waals surface area contributed by atoms with E-state index in [1.54, 1.807) is 6.92 Å². The molecule has 0 N–H and O–H groups in total. The van der Waals surface area contributed by atoms with Crippen molar-refractivity contribution in [1.82, 2.24) is 8.87 Å². The zero-order valence-electron chi connectivity index (χ0n) is 12.8. The highest BCUT2D eigenvalue weighted by Crippen LogP contribution is 2.29. The molecular weight excluding hydrogens is 324 g/mol. The second-order valence-electron chi connectivity index (χ2n) is 5.65. The van der Waals surface area contributed by atoms with Crippen LogP contribution in [0.15, 0.2) is 32.3 Å². The molecule has 0 saturated carbocycles. The monoisotopic (exact) mass is 340 g/mol. The normalized spacial score (nSPS) is 22.0. The largest absolute Gasteiger partial charge is 0.461 e. The summed E-state index contributed by atoms with van der Waals surface area (Å²) in [4.78, 5) is 24.0. The van der Waals surface area contributed by atoms with Gasteiger partial charge in [-0.05, 0) is 19.1 Å². The lowest BCUT2D eigenvalue weighted by Gasteiger charge is -2.11. The molecule has 2 atom stereocenters. The maximum atomic E-state index is 12.1. The first-order valence-corrected chi connectivity index (χ1v) is 8.44. The van der Waals surface area contributed by atoms with E-state index in [9.17, 15) is 18.0 Å². The Hall–Kier alpha value is -2.13. The van der Waals surface area contributed by atoms with Crippen molar-refractivity contribution in [2.45, 2.75) is 30.4 Å². The average Bonchev–Trinajstić information content (AvgIpc) is 2.95. The van der Waals surface area contributed by atoms with E-state index in [0.717, 1.165) is 4.31 Å². The van der Waals surface area contributed by atoms with Gasteiger partial charge in [-0.3, -0.25) is 4.57 Å². The lowest BCUT2D eigenvalue weighted by atomic mass is 10.2. The summed E-state index contributed by atoms with van der Waals surface area (Å²) < 4.78 is 36.8. The smallest absolute Gasteiger partial charge is 0.420 e. The van der Waals surface area contributed by atoms with Crippen molar-refractivity contribution in [3.63, 3.8) is 0 Å². The van der Waals surface area contributed by atoms with Gasteiger partial charge < -0.3 is 9.15 Å². The number of rotatable bonds is 3. The Morgan fingerprint density at radius 3 is 2.52 bits per heavy atom. The minimum absolute atomic E-state index is 0.0123. The first-order valence-electron chi connectivity index (χ1n) is 7.00. The fourth-order valence-corrected chi connectivity index (χ4v) is 3.55. The molecule has 3 rings (SSSR count). The van der Waals surface area contributed by atoms with Crippen LogP contribution < -0.4 is 5.76 Å². The Kier molecular flexibility index (Phi) is 3.56. The molecule has 0 bridgehead atoms. The molecule has 9 heteroatoms. The molecule has 1 aliphatic rings. The van der Waals surface area contributed by atoms with Gasteiger partial charge in [0.15, 0.2) is 5.58 Å². The molecule has 23 heavy (non-hydrogen) atoms. The van der Waals surface area contributed by atoms with Crippen LogP contribution in [0.25, 0.3) is 11.1 Å². The number of sulfonamides is 1. The SMILES string of the molecule is C[C@@H]1C[C@H](n2c(=O)oc3cc(S(=O)(=O)N(C)C)ccc32)C(=O)O1. The molecule has 0 aliphatic carbocycles. The van der Waals surface area contributed by atoms with Crippen molar-refractivity contribution >= 4 is 27.1 Å². The molecule has 1 aromatic heterocycles. The summed E-state index contributed by atoms with van der Waals surface area (Å²) in [7, 11) is -0.813. The van der Waals surface area contributed by atoms with Gasteiger partial charge in [-0.1, -0.05) is 0 Å². The molecule has 1 fully saturated rings. The number of aromatic nitrogens is 1. The van der Waals surface area contributed by atoms with Crippen LogP contribution in [0.5, 0.6) is 0 Å². The van der Waals surface area contributed by atoms with Crippen LogP contribution in [0, 0.1) is 0 Å². The molecule has 1 aromatic carbocycles. The first-order chi connectivity index (χ1) is 10.7. The van der Waals surface area contributed by atoms with Gasteiger partial charge in [-0.15, -0.1) is 0 Å². The highest BCUT2D eigenvalue weighted by atomic mass is 32.2. The Labute approximate surface area is 132 Å². The predicted molar refractivity (Wildman–Crippen MR) is 80.6 cm³/mol. The molecule has 8 nitrogen and oxygen atoms in total. The van der Waals surface area contributed by atoms with E-state index < -0.39 is 27.8 Å². The number of carbonyl (C=O) groups is 1. The third kappa shape index (κ3) is 2.45. The van der Waals surface area contributed by atoms with Crippen molar-refractivity contribution in [3.05, 3.63) is 28.7 Å². The third-order valence-corrected chi connectivity index (χ3v) is 5.63. The van der Waals surface area contributed by atoms with Gasteiger partial charge >= 0.3 is 11.7 Å². The number of cyclic esters (lactones) is 1. The van der Waals surface area contributed by atoms with Crippen LogP contribution in [0.2, 0.25) is 0 Å². The zero-order chi connectivity index (χ0) is 16.9. The van der Waals surface area contributed by atoms with E-state index in [2.05, 4.69) is 0 Å². The predicted octanol–water partition coefficient (Wildman–Crippen LogP) is 0.721. The number of hydrogen-bond acceptors (Lipinski definition) is 6. The summed E-state index contributed by atoms with van der Waals surface area (Å²) in [6.45, 7) is 1.74. The minimum atomic E-state index is -3.64. The molecule has 0 radical (unpaired) electrons. The van der Waals surface area contributed by atoms with Gasteiger partial charge in [0, 0.05) is 26.6 Å². The molecule has 1 saturated heterocycles. The number of oxazole rings is 1. The molecular formula is C14H16N2O6S. The van der Waals surface area contributed by atoms with Crippen molar-refractivity contribution < 1.29 is 22.4 Å². The standard InChI is InChI=1S/C14H16N2O6S/c1-8-6-11(13(17)21-8)16-10-5-4-9(23(19,20)15(2)3)7-12(10)22-14(16)18/h4-5,7-8,11H,6H2,1-3H3/t8-,11+/m1/s1. The highest BCUT2D eigenvalue weighted by Gasteiger charge is 2.36. The summed E-state index contributed by atoms with van der Waals surface area (Å²) in [5.41, 5.74) is 0.481. The molecule has 2 heterocycles. The van der Waals surface area contributed by atoms with Crippen molar-refractivity contribution in [3.8, 4) is 0 Å². The van der Waals surface area contributed by atoms with Gasteiger partial charge in [-0.2, -0.15) is 0 Å². The van der Waals surface area contributed by atoms with Crippen LogP contribution in [0.4, 0.5) is 0 Å². The van der Waals surface area contributed by atoms with E-state index in [1.807, 2.05) is 0 Å². The van der Waals surface area contributed by atoms with Gasteiger partial charge in [0.05, 0.1) is 10.4 Å². The van der Waals surface area contributed by atoms with E-state index in [4.69, 9.17) is 9.15 Å². The van der Waals surface area contributed by atoms with Crippen molar-refractivity contribution in [2.75, 3.05) is 14.1 Å². The summed E-state index contributed by atoms with van der Waals surface area (Å²) in [6, 6.07) is 3.38. The van der Waals surface area contributed by atoms with Crippen LogP contribution in [0.3, 0.4) is 0 Å². The van der Waals surface area contributed by atoms with E-state index in [-0.39, 0.29) is 16.6 Å². The Balaban J connectivity index is 2.15. The highest BCUT2D eigenvalue weighted by molar-refractivity contribution is 7.89. The molecule has 124 valence electrons. The number of carbonyl (C=O) groups excluding carboxylic acids is 1. The number of esters is 1. The van der Waals surface area contributed by atoms with Gasteiger partial charge in [0.25, 0.3) is 0 Å². The Bertz CT molecular complexity index is 940. The fourth-order valence-electron chi connectivity index (χ4n) is 2.63. The summed E-state index contributed by atoms with van der Waals surface area (Å²) in [5.74, 6) is -1.21. The average molecular weight is 340 g/mol. The number of nitrogens with zero attached hydrogens (tertiary/aromatic N) is 2. The summed E-state index contributed by atoms with van der Waals surface area (Å²) in [6.07, 6.45) is 0.0863. The second kappa shape index (κ2) is 5.20. The lowest BCUT2D eigenvalue weighted by Crippen LogP contribution is -2.24. The number of fused-ring (bicyclic) bond motifs is 1.